The first-order chi connectivity index (χ1) is 17.3. The second-order valence-electron chi connectivity index (χ2n) is 10.6. The van der Waals surface area contributed by atoms with Crippen molar-refractivity contribution in [2.24, 2.45) is 11.8 Å². The minimum atomic E-state index is -0.823. The van der Waals surface area contributed by atoms with Crippen LogP contribution in [-0.2, 0) is 14.4 Å². The fourth-order valence-electron chi connectivity index (χ4n) is 5.27. The monoisotopic (exact) mass is 495 g/mol. The Morgan fingerprint density at radius 3 is 2.56 bits per heavy atom. The zero-order valence-corrected chi connectivity index (χ0v) is 21.3. The van der Waals surface area contributed by atoms with Gasteiger partial charge in [-0.15, -0.1) is 0 Å². The zero-order chi connectivity index (χ0) is 25.7. The second-order valence-corrected chi connectivity index (χ2v) is 10.6. The van der Waals surface area contributed by atoms with Gasteiger partial charge in [0.2, 0.25) is 11.8 Å². The maximum Gasteiger partial charge on any atom is 0.287 e. The molecular formula is C28H37N3O5. The van der Waals surface area contributed by atoms with Crippen LogP contribution in [0.25, 0.3) is 11.0 Å². The maximum atomic E-state index is 13.2. The van der Waals surface area contributed by atoms with Crippen molar-refractivity contribution in [3.8, 4) is 0 Å². The molecular weight excluding hydrogens is 458 g/mol. The van der Waals surface area contributed by atoms with Gasteiger partial charge < -0.3 is 20.0 Å². The molecule has 0 unspecified atom stereocenters. The third kappa shape index (κ3) is 6.53. The van der Waals surface area contributed by atoms with Crippen molar-refractivity contribution in [1.29, 1.82) is 0 Å². The molecule has 1 aromatic heterocycles. The van der Waals surface area contributed by atoms with Crippen LogP contribution < -0.4 is 10.6 Å². The van der Waals surface area contributed by atoms with E-state index in [9.17, 15) is 19.2 Å². The number of hydrogen-bond donors (Lipinski definition) is 2. The summed E-state index contributed by atoms with van der Waals surface area (Å²) in [4.78, 5) is 53.5. The van der Waals surface area contributed by atoms with Crippen LogP contribution in [0.5, 0.6) is 0 Å². The fourth-order valence-corrected chi connectivity index (χ4v) is 5.27. The van der Waals surface area contributed by atoms with Gasteiger partial charge in [-0.1, -0.05) is 51.3 Å². The van der Waals surface area contributed by atoms with E-state index in [1.54, 1.807) is 17.0 Å². The van der Waals surface area contributed by atoms with Crippen LogP contribution in [-0.4, -0.2) is 53.6 Å². The highest BCUT2D eigenvalue weighted by Gasteiger charge is 2.33. The minimum Gasteiger partial charge on any atom is -0.451 e. The van der Waals surface area contributed by atoms with Crippen LogP contribution in [0.3, 0.4) is 0 Å². The Bertz CT molecular complexity index is 1070. The summed E-state index contributed by atoms with van der Waals surface area (Å²) < 4.78 is 5.64. The van der Waals surface area contributed by atoms with E-state index in [4.69, 9.17) is 4.42 Å². The predicted octanol–water partition coefficient (Wildman–Crippen LogP) is 3.83. The minimum absolute atomic E-state index is 0.0254. The normalized spacial score (nSPS) is 20.4. The summed E-state index contributed by atoms with van der Waals surface area (Å²) in [6, 6.07) is 7.40. The molecule has 1 saturated carbocycles. The summed E-state index contributed by atoms with van der Waals surface area (Å²) in [6.07, 6.45) is 6.69. The Morgan fingerprint density at radius 1 is 1.08 bits per heavy atom. The lowest BCUT2D eigenvalue weighted by molar-refractivity contribution is -0.134. The Kier molecular flexibility index (Phi) is 8.44. The van der Waals surface area contributed by atoms with E-state index in [-0.39, 0.29) is 42.8 Å². The number of nitrogens with zero attached hydrogens (tertiary/aromatic N) is 1. The SMILES string of the molecule is CC(C)C[C@H](NC(=O)c1cc2ccccc2o1)C(=O)N[C@H]1CCC(=O)N(CC2CCCCC2)CC1=O. The molecule has 2 atom stereocenters. The lowest BCUT2D eigenvalue weighted by Crippen LogP contribution is -2.52. The molecule has 3 amide bonds. The third-order valence-corrected chi connectivity index (χ3v) is 7.23. The summed E-state index contributed by atoms with van der Waals surface area (Å²) in [6.45, 7) is 4.58. The van der Waals surface area contributed by atoms with E-state index in [0.29, 0.717) is 24.5 Å². The molecule has 2 N–H and O–H groups in total. The van der Waals surface area contributed by atoms with E-state index in [1.165, 1.54) is 19.3 Å². The van der Waals surface area contributed by atoms with Crippen LogP contribution >= 0.6 is 0 Å². The van der Waals surface area contributed by atoms with Gasteiger partial charge in [0.1, 0.15) is 11.6 Å². The molecule has 194 valence electrons. The van der Waals surface area contributed by atoms with E-state index in [2.05, 4.69) is 10.6 Å². The summed E-state index contributed by atoms with van der Waals surface area (Å²) in [5.41, 5.74) is 0.596. The number of Topliss-reactive ketones (excluding diaryl/α,β-unsaturated/α-hetero) is 1. The number of rotatable bonds is 8. The van der Waals surface area contributed by atoms with Crippen LogP contribution in [0.2, 0.25) is 0 Å². The topological polar surface area (TPSA) is 109 Å². The molecule has 0 bridgehead atoms. The van der Waals surface area contributed by atoms with Gasteiger partial charge in [-0.25, -0.2) is 0 Å². The van der Waals surface area contributed by atoms with Crippen molar-refractivity contribution in [1.82, 2.24) is 15.5 Å². The molecule has 8 nitrogen and oxygen atoms in total. The number of carbonyl (C=O) groups excluding carboxylic acids is 4. The average Bonchev–Trinajstić information content (AvgIpc) is 3.25. The number of likely N-dealkylation sites (tertiary alicyclic amines) is 1. The first-order valence-electron chi connectivity index (χ1n) is 13.2. The lowest BCUT2D eigenvalue weighted by atomic mass is 9.89. The molecule has 2 aliphatic rings. The summed E-state index contributed by atoms with van der Waals surface area (Å²) in [5.74, 6) is -0.362. The molecule has 8 heteroatoms. The van der Waals surface area contributed by atoms with Gasteiger partial charge in [-0.3, -0.25) is 19.2 Å². The number of fused-ring (bicyclic) bond motifs is 1. The van der Waals surface area contributed by atoms with Gasteiger partial charge in [0.15, 0.2) is 11.5 Å². The molecule has 2 heterocycles. The molecule has 1 aliphatic carbocycles. The van der Waals surface area contributed by atoms with E-state index < -0.39 is 23.9 Å². The van der Waals surface area contributed by atoms with Crippen molar-refractivity contribution in [2.75, 3.05) is 13.1 Å². The van der Waals surface area contributed by atoms with Crippen molar-refractivity contribution >= 4 is 34.5 Å². The van der Waals surface area contributed by atoms with Crippen LogP contribution in [0, 0.1) is 11.8 Å². The van der Waals surface area contributed by atoms with Gasteiger partial charge >= 0.3 is 0 Å². The largest absolute Gasteiger partial charge is 0.451 e. The van der Waals surface area contributed by atoms with Crippen molar-refractivity contribution in [2.45, 2.75) is 77.3 Å². The third-order valence-electron chi connectivity index (χ3n) is 7.23. The quantitative estimate of drug-likeness (QED) is 0.579. The molecule has 1 aromatic carbocycles. The molecule has 2 aromatic rings. The Balaban J connectivity index is 1.39. The van der Waals surface area contributed by atoms with Gasteiger partial charge in [0.05, 0.1) is 12.6 Å². The highest BCUT2D eigenvalue weighted by molar-refractivity contribution is 6.00. The van der Waals surface area contributed by atoms with Crippen molar-refractivity contribution in [3.63, 3.8) is 0 Å². The first kappa shape index (κ1) is 25.9. The Morgan fingerprint density at radius 2 is 1.83 bits per heavy atom. The number of para-hydroxylation sites is 1. The summed E-state index contributed by atoms with van der Waals surface area (Å²) in [7, 11) is 0. The highest BCUT2D eigenvalue weighted by Crippen LogP contribution is 2.25. The van der Waals surface area contributed by atoms with Crippen LogP contribution in [0.1, 0.15) is 75.8 Å². The van der Waals surface area contributed by atoms with Crippen molar-refractivity contribution < 1.29 is 23.6 Å². The first-order valence-corrected chi connectivity index (χ1v) is 13.2. The maximum absolute atomic E-state index is 13.2. The number of amides is 3. The van der Waals surface area contributed by atoms with E-state index in [1.807, 2.05) is 32.0 Å². The number of carbonyl (C=O) groups is 4. The van der Waals surface area contributed by atoms with Crippen LogP contribution in [0.4, 0.5) is 0 Å². The Hall–Kier alpha value is -3.16. The lowest BCUT2D eigenvalue weighted by Gasteiger charge is -2.28. The number of hydrogen-bond acceptors (Lipinski definition) is 5. The summed E-state index contributed by atoms with van der Waals surface area (Å²) >= 11 is 0. The smallest absolute Gasteiger partial charge is 0.287 e. The van der Waals surface area contributed by atoms with E-state index in [0.717, 1.165) is 18.2 Å². The zero-order valence-electron chi connectivity index (χ0n) is 21.3. The Labute approximate surface area is 212 Å². The number of nitrogens with one attached hydrogen (secondary N) is 2. The fraction of sp³-hybridized carbons (Fsp3) is 0.571. The highest BCUT2D eigenvalue weighted by atomic mass is 16.3. The number of ketones is 1. The molecule has 4 rings (SSSR count). The number of benzene rings is 1. The molecule has 1 saturated heterocycles. The van der Waals surface area contributed by atoms with Crippen LogP contribution in [0.15, 0.2) is 34.7 Å². The van der Waals surface area contributed by atoms with E-state index >= 15 is 0 Å². The van der Waals surface area contributed by atoms with Gasteiger partial charge in [0.25, 0.3) is 5.91 Å². The molecule has 36 heavy (non-hydrogen) atoms. The summed E-state index contributed by atoms with van der Waals surface area (Å²) in [5, 5.41) is 6.42. The van der Waals surface area contributed by atoms with Gasteiger partial charge in [-0.05, 0) is 49.7 Å². The molecule has 2 fully saturated rings. The standard InChI is InChI=1S/C28H37N3O5/c1-18(2)14-22(30-28(35)25-15-20-10-6-7-11-24(20)36-25)27(34)29-21-12-13-26(33)31(17-23(21)32)16-19-8-4-3-5-9-19/h6-7,10-11,15,18-19,21-22H,3-5,8-9,12-14,16-17H2,1-2H3,(H,29,34)(H,30,35)/t21-,22-/m0/s1. The molecule has 1 aliphatic heterocycles. The second kappa shape index (κ2) is 11.7. The van der Waals surface area contributed by atoms with Gasteiger partial charge in [0, 0.05) is 18.4 Å². The van der Waals surface area contributed by atoms with Gasteiger partial charge in [-0.2, -0.15) is 0 Å². The number of furan rings is 1. The predicted molar refractivity (Wildman–Crippen MR) is 136 cm³/mol. The molecule has 0 radical (unpaired) electrons. The average molecular weight is 496 g/mol. The molecule has 0 spiro atoms. The van der Waals surface area contributed by atoms with Crippen molar-refractivity contribution in [3.05, 3.63) is 36.1 Å².